The Hall–Kier alpha value is -1.58. The molecule has 0 bridgehead atoms. The zero-order chi connectivity index (χ0) is 14.1. The molecule has 2 aliphatic heterocycles. The monoisotopic (exact) mass is 303 g/mol. The minimum Gasteiger partial charge on any atom is -0.336 e. The van der Waals surface area contributed by atoms with Crippen LogP contribution < -0.4 is 4.90 Å². The van der Waals surface area contributed by atoms with Crippen LogP contribution in [0.4, 0.5) is 5.69 Å². The van der Waals surface area contributed by atoms with Crippen molar-refractivity contribution in [2.24, 2.45) is 0 Å². The lowest BCUT2D eigenvalue weighted by molar-refractivity contribution is -0.120. The number of thiocyanates is 1. The molecule has 20 heavy (non-hydrogen) atoms. The summed E-state index contributed by atoms with van der Waals surface area (Å²) in [6.45, 7) is 0.869. The van der Waals surface area contributed by atoms with E-state index in [1.165, 1.54) is 0 Å². The van der Waals surface area contributed by atoms with E-state index in [4.69, 9.17) is 17.5 Å². The number of nitrogens with zero attached hydrogens (tertiary/aromatic N) is 3. The van der Waals surface area contributed by atoms with Gasteiger partial charge in [0.1, 0.15) is 11.4 Å². The number of piperidine rings is 1. The van der Waals surface area contributed by atoms with Crippen LogP contribution in [-0.4, -0.2) is 28.5 Å². The van der Waals surface area contributed by atoms with E-state index in [0.29, 0.717) is 5.11 Å². The van der Waals surface area contributed by atoms with Crippen LogP contribution in [-0.2, 0) is 4.79 Å². The summed E-state index contributed by atoms with van der Waals surface area (Å²) in [6, 6.07) is 7.31. The summed E-state index contributed by atoms with van der Waals surface area (Å²) < 4.78 is 0. The lowest BCUT2D eigenvalue weighted by atomic mass is 10.0. The molecule has 1 aromatic rings. The van der Waals surface area contributed by atoms with Crippen molar-refractivity contribution in [3.05, 3.63) is 24.3 Å². The summed E-state index contributed by atoms with van der Waals surface area (Å²) in [7, 11) is 0. The highest BCUT2D eigenvalue weighted by atomic mass is 32.2. The lowest BCUT2D eigenvalue weighted by Crippen LogP contribution is -2.38. The van der Waals surface area contributed by atoms with E-state index in [1.807, 2.05) is 34.6 Å². The van der Waals surface area contributed by atoms with Gasteiger partial charge in [0.05, 0.1) is 5.69 Å². The van der Waals surface area contributed by atoms with Crippen LogP contribution in [0.1, 0.15) is 19.3 Å². The number of hydrogen-bond donors (Lipinski definition) is 0. The van der Waals surface area contributed by atoms with Crippen LogP contribution in [0.3, 0.4) is 0 Å². The van der Waals surface area contributed by atoms with Gasteiger partial charge in [0.15, 0.2) is 5.11 Å². The number of thioether (sulfide) groups is 1. The molecule has 0 spiro atoms. The molecule has 0 aliphatic carbocycles. The number of benzene rings is 1. The van der Waals surface area contributed by atoms with E-state index >= 15 is 0 Å². The molecule has 3 rings (SSSR count). The Bertz CT molecular complexity index is 569. The zero-order valence-corrected chi connectivity index (χ0v) is 12.4. The molecule has 6 heteroatoms. The van der Waals surface area contributed by atoms with Crippen molar-refractivity contribution in [1.29, 1.82) is 5.26 Å². The lowest BCUT2D eigenvalue weighted by Gasteiger charge is -2.27. The Balaban J connectivity index is 1.88. The third-order valence-electron chi connectivity index (χ3n) is 3.70. The number of carbonyl (C=O) groups is 1. The first kappa shape index (κ1) is 13.4. The molecule has 102 valence electrons. The quantitative estimate of drug-likeness (QED) is 0.477. The van der Waals surface area contributed by atoms with E-state index in [-0.39, 0.29) is 11.9 Å². The third kappa shape index (κ3) is 2.17. The van der Waals surface area contributed by atoms with Gasteiger partial charge >= 0.3 is 0 Å². The molecule has 4 nitrogen and oxygen atoms in total. The maximum absolute atomic E-state index is 12.5. The Labute approximate surface area is 127 Å². The van der Waals surface area contributed by atoms with Crippen LogP contribution in [0.15, 0.2) is 29.2 Å². The molecular weight excluding hydrogens is 290 g/mol. The normalized spacial score (nSPS) is 21.9. The maximum Gasteiger partial charge on any atom is 0.256 e. The molecule has 0 aromatic heterocycles. The SMILES string of the molecule is N#CSc1ccc(N2C(=O)C3CCCCN3C2=S)cc1. The second-order valence-electron chi connectivity index (χ2n) is 4.85. The summed E-state index contributed by atoms with van der Waals surface area (Å²) in [5.74, 6) is 0.0791. The molecule has 0 N–H and O–H groups in total. The van der Waals surface area contributed by atoms with Gasteiger partial charge in [-0.25, -0.2) is 0 Å². The van der Waals surface area contributed by atoms with Crippen LogP contribution in [0.2, 0.25) is 0 Å². The first-order valence-corrected chi connectivity index (χ1v) is 7.75. The predicted molar refractivity (Wildman–Crippen MR) is 82.3 cm³/mol. The average Bonchev–Trinajstić information content (AvgIpc) is 2.73. The van der Waals surface area contributed by atoms with Crippen molar-refractivity contribution < 1.29 is 4.79 Å². The van der Waals surface area contributed by atoms with E-state index in [0.717, 1.165) is 48.2 Å². The number of thiocarbonyl (C=S) groups is 1. The van der Waals surface area contributed by atoms with Gasteiger partial charge in [0.25, 0.3) is 5.91 Å². The van der Waals surface area contributed by atoms with Gasteiger partial charge in [-0.3, -0.25) is 9.69 Å². The van der Waals surface area contributed by atoms with Crippen molar-refractivity contribution >= 4 is 40.7 Å². The van der Waals surface area contributed by atoms with Crippen molar-refractivity contribution in [1.82, 2.24) is 4.90 Å². The Morgan fingerprint density at radius 2 is 2.05 bits per heavy atom. The maximum atomic E-state index is 12.5. The molecule has 0 saturated carbocycles. The predicted octanol–water partition coefficient (Wildman–Crippen LogP) is 2.75. The topological polar surface area (TPSA) is 47.3 Å². The number of fused-ring (bicyclic) bond motifs is 1. The third-order valence-corrected chi connectivity index (χ3v) is 4.72. The average molecular weight is 303 g/mol. The zero-order valence-electron chi connectivity index (χ0n) is 10.8. The molecule has 0 radical (unpaired) electrons. The van der Waals surface area contributed by atoms with Crippen LogP contribution in [0, 0.1) is 10.7 Å². The standard InChI is InChI=1S/C14H13N3OS2/c15-9-20-11-6-4-10(5-7-11)17-13(18)12-3-1-2-8-16(12)14(17)19/h4-7,12H,1-3,8H2. The van der Waals surface area contributed by atoms with Gasteiger partial charge in [-0.15, -0.1) is 0 Å². The number of carbonyl (C=O) groups excluding carboxylic acids is 1. The molecule has 2 aliphatic rings. The summed E-state index contributed by atoms with van der Waals surface area (Å²) in [4.78, 5) is 17.0. The van der Waals surface area contributed by atoms with Gasteiger partial charge in [-0.2, -0.15) is 5.26 Å². The minimum atomic E-state index is -0.0792. The summed E-state index contributed by atoms with van der Waals surface area (Å²) in [5, 5.41) is 11.3. The smallest absolute Gasteiger partial charge is 0.256 e. The number of anilines is 1. The Morgan fingerprint density at radius 1 is 1.30 bits per heavy atom. The Morgan fingerprint density at radius 3 is 2.70 bits per heavy atom. The van der Waals surface area contributed by atoms with Crippen LogP contribution in [0.25, 0.3) is 0 Å². The van der Waals surface area contributed by atoms with E-state index < -0.39 is 0 Å². The Kier molecular flexibility index (Phi) is 3.64. The first-order valence-electron chi connectivity index (χ1n) is 6.53. The molecule has 2 fully saturated rings. The summed E-state index contributed by atoms with van der Waals surface area (Å²) in [6.07, 6.45) is 3.06. The van der Waals surface area contributed by atoms with Crippen LogP contribution >= 0.6 is 24.0 Å². The van der Waals surface area contributed by atoms with Crippen molar-refractivity contribution in [3.63, 3.8) is 0 Å². The summed E-state index contributed by atoms with van der Waals surface area (Å²) in [5.41, 5.74) is 0.789. The number of nitriles is 1. The highest BCUT2D eigenvalue weighted by Crippen LogP contribution is 2.31. The van der Waals surface area contributed by atoms with E-state index in [2.05, 4.69) is 0 Å². The number of hydrogen-bond acceptors (Lipinski definition) is 4. The summed E-state index contributed by atoms with van der Waals surface area (Å²) >= 11 is 6.56. The van der Waals surface area contributed by atoms with Crippen molar-refractivity contribution in [3.8, 4) is 5.40 Å². The van der Waals surface area contributed by atoms with Gasteiger partial charge in [-0.05, 0) is 67.5 Å². The molecule has 2 saturated heterocycles. The van der Waals surface area contributed by atoms with Gasteiger partial charge in [0.2, 0.25) is 0 Å². The highest BCUT2D eigenvalue weighted by Gasteiger charge is 2.43. The molecule has 1 aromatic carbocycles. The fraction of sp³-hybridized carbons (Fsp3) is 0.357. The molecule has 2 heterocycles. The molecular formula is C14H13N3OS2. The number of rotatable bonds is 2. The fourth-order valence-electron chi connectivity index (χ4n) is 2.74. The molecule has 1 amide bonds. The fourth-order valence-corrected chi connectivity index (χ4v) is 3.53. The minimum absolute atomic E-state index is 0.0791. The van der Waals surface area contributed by atoms with Gasteiger partial charge < -0.3 is 4.90 Å². The number of amides is 1. The van der Waals surface area contributed by atoms with Gasteiger partial charge in [-0.1, -0.05) is 0 Å². The second-order valence-corrected chi connectivity index (χ2v) is 6.07. The van der Waals surface area contributed by atoms with Crippen molar-refractivity contribution in [2.45, 2.75) is 30.2 Å². The second kappa shape index (κ2) is 5.43. The van der Waals surface area contributed by atoms with Crippen molar-refractivity contribution in [2.75, 3.05) is 11.4 Å². The van der Waals surface area contributed by atoms with E-state index in [9.17, 15) is 4.79 Å². The molecule has 1 unspecified atom stereocenters. The molecule has 1 atom stereocenters. The van der Waals surface area contributed by atoms with Crippen LogP contribution in [0.5, 0.6) is 0 Å². The van der Waals surface area contributed by atoms with E-state index in [1.54, 1.807) is 4.90 Å². The largest absolute Gasteiger partial charge is 0.336 e. The first-order chi connectivity index (χ1) is 9.72. The highest BCUT2D eigenvalue weighted by molar-refractivity contribution is 8.03. The van der Waals surface area contributed by atoms with Gasteiger partial charge in [0, 0.05) is 11.4 Å².